The number of benzene rings is 1. The second-order valence-electron chi connectivity index (χ2n) is 5.37. The van der Waals surface area contributed by atoms with Gasteiger partial charge in [0.05, 0.1) is 26.9 Å². The molecule has 9 heteroatoms. The Morgan fingerprint density at radius 1 is 1.12 bits per heavy atom. The first-order valence-corrected chi connectivity index (χ1v) is 7.56. The van der Waals surface area contributed by atoms with E-state index in [1.807, 2.05) is 24.1 Å². The molecule has 0 unspecified atom stereocenters. The van der Waals surface area contributed by atoms with Crippen LogP contribution >= 0.6 is 0 Å². The van der Waals surface area contributed by atoms with Gasteiger partial charge in [0.15, 0.2) is 11.5 Å². The van der Waals surface area contributed by atoms with Gasteiger partial charge in [-0.3, -0.25) is 9.78 Å². The third-order valence-corrected chi connectivity index (χ3v) is 3.85. The Bertz CT molecular complexity index is 781. The van der Waals surface area contributed by atoms with Gasteiger partial charge in [-0.05, 0) is 6.42 Å². The summed E-state index contributed by atoms with van der Waals surface area (Å²) in [7, 11) is 6.55. The highest BCUT2D eigenvalue weighted by Crippen LogP contribution is 2.40. The predicted molar refractivity (Wildman–Crippen MR) is 96.8 cm³/mol. The van der Waals surface area contributed by atoms with Crippen molar-refractivity contribution in [2.45, 2.75) is 6.42 Å². The maximum atomic E-state index is 12.0. The van der Waals surface area contributed by atoms with Crippen LogP contribution in [0.5, 0.6) is 17.2 Å². The third-order valence-electron chi connectivity index (χ3n) is 3.85. The Morgan fingerprint density at radius 3 is 2.20 bits per heavy atom. The average molecular weight is 349 g/mol. The largest absolute Gasteiger partial charge is 0.493 e. The number of aromatic amines is 1. The van der Waals surface area contributed by atoms with Crippen LogP contribution in [0.3, 0.4) is 0 Å². The summed E-state index contributed by atoms with van der Waals surface area (Å²) in [5.74, 6) is 1.76. The van der Waals surface area contributed by atoms with Crippen molar-refractivity contribution in [3.8, 4) is 17.2 Å². The number of ether oxygens (including phenoxy) is 3. The molecule has 0 aliphatic carbocycles. The van der Waals surface area contributed by atoms with Crippen LogP contribution in [0.15, 0.2) is 16.9 Å². The second-order valence-corrected chi connectivity index (χ2v) is 5.37. The Balaban J connectivity index is 2.24. The number of H-pyrrole nitrogens is 1. The van der Waals surface area contributed by atoms with E-state index in [2.05, 4.69) is 9.97 Å². The SMILES string of the molecule is COc1cc(N(C)CCc2c(N)nc(N)[nH]c2=O)cc(OC)c1OC. The molecule has 0 fully saturated rings. The Hall–Kier alpha value is -3.10. The zero-order valence-corrected chi connectivity index (χ0v) is 14.8. The molecule has 25 heavy (non-hydrogen) atoms. The standard InChI is InChI=1S/C16H23N5O4/c1-21(6-5-10-14(17)19-16(18)20-15(10)22)9-7-11(23-2)13(25-4)12(8-9)24-3/h7-8H,5-6H2,1-4H3,(H5,17,18,19,20,22). The van der Waals surface area contributed by atoms with Gasteiger partial charge in [0.1, 0.15) is 5.82 Å². The van der Waals surface area contributed by atoms with E-state index >= 15 is 0 Å². The number of nitrogens with two attached hydrogens (primary N) is 2. The first-order valence-electron chi connectivity index (χ1n) is 7.56. The highest BCUT2D eigenvalue weighted by Gasteiger charge is 2.16. The van der Waals surface area contributed by atoms with Gasteiger partial charge >= 0.3 is 0 Å². The van der Waals surface area contributed by atoms with Gasteiger partial charge < -0.3 is 30.6 Å². The molecule has 0 amide bonds. The van der Waals surface area contributed by atoms with Gasteiger partial charge in [0, 0.05) is 31.4 Å². The molecule has 0 spiro atoms. The molecule has 0 saturated heterocycles. The number of methoxy groups -OCH3 is 3. The van der Waals surface area contributed by atoms with E-state index in [1.165, 1.54) is 0 Å². The van der Waals surface area contributed by atoms with E-state index in [9.17, 15) is 4.79 Å². The molecule has 2 rings (SSSR count). The Kier molecular flexibility index (Phi) is 5.58. The van der Waals surface area contributed by atoms with E-state index in [-0.39, 0.29) is 17.3 Å². The van der Waals surface area contributed by atoms with Crippen LogP contribution in [0.2, 0.25) is 0 Å². The fourth-order valence-electron chi connectivity index (χ4n) is 2.47. The summed E-state index contributed by atoms with van der Waals surface area (Å²) in [6.07, 6.45) is 0.404. The van der Waals surface area contributed by atoms with Crippen molar-refractivity contribution in [3.63, 3.8) is 0 Å². The zero-order chi connectivity index (χ0) is 18.6. The van der Waals surface area contributed by atoms with Crippen LogP contribution in [0.1, 0.15) is 5.56 Å². The van der Waals surface area contributed by atoms with Crippen LogP contribution < -0.4 is 36.1 Å². The van der Waals surface area contributed by atoms with Crippen molar-refractivity contribution in [2.75, 3.05) is 51.3 Å². The van der Waals surface area contributed by atoms with Gasteiger partial charge in [-0.15, -0.1) is 0 Å². The first-order chi connectivity index (χ1) is 11.9. The maximum absolute atomic E-state index is 12.0. The molecule has 2 aromatic rings. The number of likely N-dealkylation sites (N-methyl/N-ethyl adjacent to an activating group) is 1. The minimum absolute atomic E-state index is 0.00392. The molecule has 0 atom stereocenters. The van der Waals surface area contributed by atoms with Gasteiger partial charge in [-0.25, -0.2) is 0 Å². The molecule has 136 valence electrons. The smallest absolute Gasteiger partial charge is 0.257 e. The monoisotopic (exact) mass is 349 g/mol. The van der Waals surface area contributed by atoms with Gasteiger partial charge in [-0.1, -0.05) is 0 Å². The number of nitrogens with zero attached hydrogens (tertiary/aromatic N) is 2. The quantitative estimate of drug-likeness (QED) is 0.664. The molecule has 1 aromatic carbocycles. The number of hydrogen-bond acceptors (Lipinski definition) is 8. The lowest BCUT2D eigenvalue weighted by Gasteiger charge is -2.22. The van der Waals surface area contributed by atoms with Gasteiger partial charge in [-0.2, -0.15) is 4.98 Å². The van der Waals surface area contributed by atoms with E-state index in [4.69, 9.17) is 25.7 Å². The minimum atomic E-state index is -0.330. The van der Waals surface area contributed by atoms with Crippen LogP contribution in [0.4, 0.5) is 17.5 Å². The number of nitrogen functional groups attached to an aromatic ring is 2. The normalized spacial score (nSPS) is 10.4. The summed E-state index contributed by atoms with van der Waals surface area (Å²) in [5.41, 5.74) is 12.2. The van der Waals surface area contributed by atoms with Gasteiger partial charge in [0.2, 0.25) is 11.7 Å². The van der Waals surface area contributed by atoms with Crippen LogP contribution in [0.25, 0.3) is 0 Å². The first kappa shape index (κ1) is 18.2. The topological polar surface area (TPSA) is 129 Å². The molecule has 9 nitrogen and oxygen atoms in total. The van der Waals surface area contributed by atoms with Crippen molar-refractivity contribution in [3.05, 3.63) is 28.0 Å². The Morgan fingerprint density at radius 2 is 1.72 bits per heavy atom. The number of hydrogen-bond donors (Lipinski definition) is 3. The lowest BCUT2D eigenvalue weighted by atomic mass is 10.2. The van der Waals surface area contributed by atoms with Crippen LogP contribution in [-0.2, 0) is 6.42 Å². The number of rotatable bonds is 7. The van der Waals surface area contributed by atoms with Crippen molar-refractivity contribution in [1.82, 2.24) is 9.97 Å². The Labute approximate surface area is 145 Å². The fraction of sp³-hybridized carbons (Fsp3) is 0.375. The third kappa shape index (κ3) is 3.87. The highest BCUT2D eigenvalue weighted by atomic mass is 16.5. The molecule has 0 saturated carbocycles. The van der Waals surface area contributed by atoms with Crippen molar-refractivity contribution in [2.24, 2.45) is 0 Å². The summed E-state index contributed by atoms with van der Waals surface area (Å²) in [5, 5.41) is 0. The van der Waals surface area contributed by atoms with E-state index < -0.39 is 0 Å². The maximum Gasteiger partial charge on any atom is 0.257 e. The molecule has 0 aliphatic rings. The summed E-state index contributed by atoms with van der Waals surface area (Å²) in [6, 6.07) is 3.66. The van der Waals surface area contributed by atoms with Crippen LogP contribution in [0, 0.1) is 0 Å². The van der Waals surface area contributed by atoms with E-state index in [1.54, 1.807) is 21.3 Å². The van der Waals surface area contributed by atoms with Crippen molar-refractivity contribution >= 4 is 17.5 Å². The fourth-order valence-corrected chi connectivity index (χ4v) is 2.47. The molecule has 1 aromatic heterocycles. The zero-order valence-electron chi connectivity index (χ0n) is 14.8. The lowest BCUT2D eigenvalue weighted by molar-refractivity contribution is 0.324. The average Bonchev–Trinajstić information content (AvgIpc) is 2.59. The van der Waals surface area contributed by atoms with Crippen molar-refractivity contribution in [1.29, 1.82) is 0 Å². The lowest BCUT2D eigenvalue weighted by Crippen LogP contribution is -2.26. The molecular weight excluding hydrogens is 326 g/mol. The number of anilines is 3. The molecule has 0 aliphatic heterocycles. The molecular formula is C16H23N5O4. The van der Waals surface area contributed by atoms with Gasteiger partial charge in [0.25, 0.3) is 5.56 Å². The van der Waals surface area contributed by atoms with E-state index in [0.29, 0.717) is 35.8 Å². The summed E-state index contributed by atoms with van der Waals surface area (Å²) in [4.78, 5) is 20.2. The molecule has 1 heterocycles. The molecule has 0 radical (unpaired) electrons. The van der Waals surface area contributed by atoms with Crippen molar-refractivity contribution < 1.29 is 14.2 Å². The second kappa shape index (κ2) is 7.65. The molecule has 5 N–H and O–H groups in total. The molecule has 0 bridgehead atoms. The summed E-state index contributed by atoms with van der Waals surface area (Å²) in [6.45, 7) is 0.525. The number of nitrogens with one attached hydrogen (secondary N) is 1. The predicted octanol–water partition coefficient (Wildman–Crippen LogP) is 0.639. The highest BCUT2D eigenvalue weighted by molar-refractivity contribution is 5.63. The minimum Gasteiger partial charge on any atom is -0.493 e. The summed E-state index contributed by atoms with van der Waals surface area (Å²) >= 11 is 0. The summed E-state index contributed by atoms with van der Waals surface area (Å²) < 4.78 is 16.0. The van der Waals surface area contributed by atoms with Crippen LogP contribution in [-0.4, -0.2) is 44.9 Å². The van der Waals surface area contributed by atoms with E-state index in [0.717, 1.165) is 5.69 Å². The number of aromatic nitrogens is 2.